The molecule has 1 aliphatic heterocycles. The van der Waals surface area contributed by atoms with Crippen molar-refractivity contribution in [3.8, 4) is 22.3 Å². The van der Waals surface area contributed by atoms with Crippen LogP contribution in [0.15, 0.2) is 170 Å². The van der Waals surface area contributed by atoms with Crippen molar-refractivity contribution in [1.82, 2.24) is 0 Å². The van der Waals surface area contributed by atoms with Crippen molar-refractivity contribution >= 4 is 60.0 Å². The minimum absolute atomic E-state index is 0.167. The topological polar surface area (TPSA) is 3.24 Å². The van der Waals surface area contributed by atoms with E-state index < -0.39 is 0 Å². The van der Waals surface area contributed by atoms with Gasteiger partial charge in [-0.2, -0.15) is 0 Å². The highest BCUT2D eigenvalue weighted by atomic mass is 15.2. The predicted molar refractivity (Wildman–Crippen MR) is 208 cm³/mol. The number of benzene rings is 8. The average Bonchev–Trinajstić information content (AvgIpc) is 3.43. The van der Waals surface area contributed by atoms with Gasteiger partial charge in [0.15, 0.2) is 0 Å². The lowest BCUT2D eigenvalue weighted by molar-refractivity contribution is 0.917. The number of hydrogen-bond acceptors (Lipinski definition) is 1. The third-order valence-corrected chi connectivity index (χ3v) is 10.1. The molecule has 8 aromatic carbocycles. The van der Waals surface area contributed by atoms with Crippen molar-refractivity contribution in [2.45, 2.75) is 19.9 Å². The standard InChI is InChI=1S/C47H35N/c1-3-4-16-40-31(2)48(39-14-6-5-7-15-39)47-45(37-24-26-44-36(28-37)22-20-33-13-9-11-18-42(33)44)29-38(30-46(40)47)34-23-25-43-35(27-34)21-19-32-12-8-10-17-41(32)43/h3-31H,1-2H3/b4-3-,40-16+. The molecule has 0 aromatic heterocycles. The summed E-state index contributed by atoms with van der Waals surface area (Å²) in [5.74, 6) is 0. The van der Waals surface area contributed by atoms with Gasteiger partial charge < -0.3 is 4.90 Å². The van der Waals surface area contributed by atoms with E-state index in [0.717, 1.165) is 0 Å². The van der Waals surface area contributed by atoms with E-state index in [1.807, 2.05) is 0 Å². The normalized spacial score (nSPS) is 15.4. The lowest BCUT2D eigenvalue weighted by atomic mass is 9.90. The van der Waals surface area contributed by atoms with Crippen LogP contribution in [0.4, 0.5) is 11.4 Å². The smallest absolute Gasteiger partial charge is 0.0573 e. The highest BCUT2D eigenvalue weighted by molar-refractivity contribution is 6.11. The summed E-state index contributed by atoms with van der Waals surface area (Å²) in [7, 11) is 0. The first-order valence-electron chi connectivity index (χ1n) is 16.9. The monoisotopic (exact) mass is 613 g/mol. The number of nitrogens with zero attached hydrogens (tertiary/aromatic N) is 1. The Hall–Kier alpha value is -5.92. The predicted octanol–water partition coefficient (Wildman–Crippen LogP) is 13.1. The van der Waals surface area contributed by atoms with Crippen LogP contribution in [0.3, 0.4) is 0 Å². The number of fused-ring (bicyclic) bond motifs is 7. The quantitative estimate of drug-likeness (QED) is 0.179. The summed E-state index contributed by atoms with van der Waals surface area (Å²) >= 11 is 0. The van der Waals surface area contributed by atoms with Gasteiger partial charge >= 0.3 is 0 Å². The maximum absolute atomic E-state index is 2.53. The Morgan fingerprint density at radius 1 is 0.479 bits per heavy atom. The highest BCUT2D eigenvalue weighted by Crippen LogP contribution is 2.52. The molecule has 228 valence electrons. The van der Waals surface area contributed by atoms with Crippen molar-refractivity contribution < 1.29 is 0 Å². The summed E-state index contributed by atoms with van der Waals surface area (Å²) in [5, 5.41) is 10.2. The third kappa shape index (κ3) is 4.54. The summed E-state index contributed by atoms with van der Waals surface area (Å²) in [6.07, 6.45) is 6.61. The van der Waals surface area contributed by atoms with E-state index in [4.69, 9.17) is 0 Å². The number of hydrogen-bond donors (Lipinski definition) is 0. The van der Waals surface area contributed by atoms with Crippen LogP contribution in [-0.2, 0) is 0 Å². The molecular formula is C47H35N. The fourth-order valence-electron chi connectivity index (χ4n) is 7.80. The minimum atomic E-state index is 0.167. The molecule has 0 aliphatic carbocycles. The van der Waals surface area contributed by atoms with Crippen LogP contribution >= 0.6 is 0 Å². The molecule has 0 spiro atoms. The van der Waals surface area contributed by atoms with Gasteiger partial charge in [0.1, 0.15) is 0 Å². The highest BCUT2D eigenvalue weighted by Gasteiger charge is 2.34. The fourth-order valence-corrected chi connectivity index (χ4v) is 7.80. The zero-order valence-electron chi connectivity index (χ0n) is 27.2. The Bertz CT molecular complexity index is 2590. The Labute approximate surface area is 281 Å². The zero-order chi connectivity index (χ0) is 32.2. The second kappa shape index (κ2) is 11.4. The molecule has 1 heterocycles. The van der Waals surface area contributed by atoms with Gasteiger partial charge in [-0.1, -0.05) is 133 Å². The maximum atomic E-state index is 2.53. The summed E-state index contributed by atoms with van der Waals surface area (Å²) in [5.41, 5.74) is 10.0. The molecular weight excluding hydrogens is 579 g/mol. The molecule has 8 aromatic rings. The van der Waals surface area contributed by atoms with E-state index in [0.29, 0.717) is 0 Å². The summed E-state index contributed by atoms with van der Waals surface area (Å²) in [6.45, 7) is 4.42. The summed E-state index contributed by atoms with van der Waals surface area (Å²) < 4.78 is 0. The molecule has 0 bridgehead atoms. The molecule has 1 aliphatic rings. The van der Waals surface area contributed by atoms with E-state index in [1.165, 1.54) is 87.9 Å². The zero-order valence-corrected chi connectivity index (χ0v) is 27.2. The molecule has 0 amide bonds. The third-order valence-electron chi connectivity index (χ3n) is 10.1. The summed E-state index contributed by atoms with van der Waals surface area (Å²) in [4.78, 5) is 2.53. The first-order chi connectivity index (χ1) is 23.7. The van der Waals surface area contributed by atoms with Gasteiger partial charge in [-0.3, -0.25) is 0 Å². The minimum Gasteiger partial charge on any atom is -0.333 e. The van der Waals surface area contributed by atoms with Gasteiger partial charge in [-0.15, -0.1) is 0 Å². The Balaban J connectivity index is 1.32. The van der Waals surface area contributed by atoms with Gasteiger partial charge in [0.2, 0.25) is 0 Å². The van der Waals surface area contributed by atoms with Gasteiger partial charge in [-0.05, 0) is 116 Å². The molecule has 0 N–H and O–H groups in total. The molecule has 48 heavy (non-hydrogen) atoms. The molecule has 1 atom stereocenters. The van der Waals surface area contributed by atoms with Crippen LogP contribution in [0.2, 0.25) is 0 Å². The van der Waals surface area contributed by atoms with E-state index >= 15 is 0 Å². The van der Waals surface area contributed by atoms with Gasteiger partial charge in [0.25, 0.3) is 0 Å². The molecule has 1 heteroatoms. The van der Waals surface area contributed by atoms with E-state index in [9.17, 15) is 0 Å². The fraction of sp³-hybridized carbons (Fsp3) is 0.0638. The van der Waals surface area contributed by atoms with Crippen LogP contribution in [0, 0.1) is 0 Å². The van der Waals surface area contributed by atoms with Crippen molar-refractivity contribution in [3.05, 3.63) is 175 Å². The van der Waals surface area contributed by atoms with Crippen molar-refractivity contribution in [3.63, 3.8) is 0 Å². The molecule has 1 unspecified atom stereocenters. The van der Waals surface area contributed by atoms with Crippen LogP contribution in [-0.4, -0.2) is 6.04 Å². The lowest BCUT2D eigenvalue weighted by Crippen LogP contribution is -2.23. The lowest BCUT2D eigenvalue weighted by Gasteiger charge is -2.27. The van der Waals surface area contributed by atoms with Crippen LogP contribution in [0.1, 0.15) is 19.4 Å². The largest absolute Gasteiger partial charge is 0.333 e. The molecule has 0 saturated carbocycles. The Kier molecular flexibility index (Phi) is 6.73. The van der Waals surface area contributed by atoms with Crippen molar-refractivity contribution in [2.75, 3.05) is 4.90 Å². The van der Waals surface area contributed by atoms with Crippen LogP contribution in [0.5, 0.6) is 0 Å². The summed E-state index contributed by atoms with van der Waals surface area (Å²) in [6, 6.07) is 56.2. The van der Waals surface area contributed by atoms with E-state index in [2.05, 4.69) is 189 Å². The number of anilines is 2. The molecule has 1 nitrogen and oxygen atoms in total. The van der Waals surface area contributed by atoms with Gasteiger partial charge in [-0.25, -0.2) is 0 Å². The number of para-hydroxylation sites is 1. The molecule has 9 rings (SSSR count). The second-order valence-electron chi connectivity index (χ2n) is 12.9. The van der Waals surface area contributed by atoms with E-state index in [1.54, 1.807) is 0 Å². The Morgan fingerprint density at radius 2 is 1.02 bits per heavy atom. The van der Waals surface area contributed by atoms with Gasteiger partial charge in [0.05, 0.1) is 11.7 Å². The SMILES string of the molecule is C/C=C\C=C1\c2cc(-c3ccc4c(ccc5ccccc54)c3)cc(-c3ccc4c(ccc5ccccc54)c3)c2N(c2ccccc2)C1C. The molecule has 0 fully saturated rings. The number of rotatable bonds is 4. The molecule has 0 saturated heterocycles. The van der Waals surface area contributed by atoms with Gasteiger partial charge in [0, 0.05) is 16.8 Å². The van der Waals surface area contributed by atoms with E-state index in [-0.39, 0.29) is 6.04 Å². The second-order valence-corrected chi connectivity index (χ2v) is 12.9. The van der Waals surface area contributed by atoms with Crippen molar-refractivity contribution in [1.29, 1.82) is 0 Å². The van der Waals surface area contributed by atoms with Crippen molar-refractivity contribution in [2.24, 2.45) is 0 Å². The maximum Gasteiger partial charge on any atom is 0.0573 e. The first-order valence-corrected chi connectivity index (χ1v) is 16.9. The van der Waals surface area contributed by atoms with Crippen LogP contribution < -0.4 is 4.90 Å². The molecule has 0 radical (unpaired) electrons. The van der Waals surface area contributed by atoms with Crippen LogP contribution in [0.25, 0.3) is 70.9 Å². The first kappa shape index (κ1) is 28.3. The number of allylic oxidation sites excluding steroid dienone is 3. The average molecular weight is 614 g/mol. The Morgan fingerprint density at radius 3 is 1.69 bits per heavy atom.